The Bertz CT molecular complexity index is 1190. The summed E-state index contributed by atoms with van der Waals surface area (Å²) >= 11 is 0. The van der Waals surface area contributed by atoms with Crippen molar-refractivity contribution in [2.75, 3.05) is 6.54 Å². The number of amides is 1. The Morgan fingerprint density at radius 2 is 1.90 bits per heavy atom. The smallest absolute Gasteiger partial charge is 0.228 e. The molecule has 0 bridgehead atoms. The molecule has 1 saturated heterocycles. The number of aromatic nitrogens is 4. The lowest BCUT2D eigenvalue weighted by Gasteiger charge is -2.18. The summed E-state index contributed by atoms with van der Waals surface area (Å²) in [6.07, 6.45) is 2.61. The number of ether oxygens (including phenoxy) is 1. The molecule has 0 saturated carbocycles. The number of rotatable bonds is 5. The van der Waals surface area contributed by atoms with Gasteiger partial charge in [-0.2, -0.15) is 5.10 Å². The number of aromatic amines is 2. The van der Waals surface area contributed by atoms with Crippen LogP contribution in [-0.4, -0.2) is 37.5 Å². The predicted molar refractivity (Wildman–Crippen MR) is 114 cm³/mol. The van der Waals surface area contributed by atoms with Gasteiger partial charge in [-0.05, 0) is 54.4 Å². The van der Waals surface area contributed by atoms with Gasteiger partial charge in [0.1, 0.15) is 17.3 Å². The zero-order valence-corrected chi connectivity index (χ0v) is 17.0. The maximum Gasteiger partial charge on any atom is 0.228 e. The minimum atomic E-state index is -0.278. The Hall–Kier alpha value is -3.61. The lowest BCUT2D eigenvalue weighted by molar-refractivity contribution is -0.135. The number of hydrogen-bond acceptors (Lipinski definition) is 4. The fraction of sp³-hybridized carbons (Fsp3) is 0.261. The quantitative estimate of drug-likeness (QED) is 0.515. The summed E-state index contributed by atoms with van der Waals surface area (Å²) in [5.74, 6) is 2.44. The van der Waals surface area contributed by atoms with Gasteiger partial charge < -0.3 is 14.6 Å². The first-order chi connectivity index (χ1) is 14.5. The normalized spacial score (nSPS) is 15.8. The van der Waals surface area contributed by atoms with Crippen molar-refractivity contribution < 1.29 is 9.53 Å². The number of carbonyl (C=O) groups is 1. The molecule has 1 aliphatic rings. The molecule has 2 N–H and O–H groups in total. The van der Waals surface area contributed by atoms with E-state index in [0.717, 1.165) is 46.8 Å². The lowest BCUT2D eigenvalue weighted by atomic mass is 9.92. The average Bonchev–Trinajstić information content (AvgIpc) is 3.45. The van der Waals surface area contributed by atoms with E-state index in [1.807, 2.05) is 67.3 Å². The first-order valence-corrected chi connectivity index (χ1v) is 10.0. The molecule has 0 unspecified atom stereocenters. The summed E-state index contributed by atoms with van der Waals surface area (Å²) in [6, 6.07) is 15.5. The Balaban J connectivity index is 1.31. The molecular formula is C23H23N5O2. The van der Waals surface area contributed by atoms with Crippen LogP contribution in [0.4, 0.5) is 0 Å². The number of fused-ring (bicyclic) bond motifs is 1. The number of nitrogens with one attached hydrogen (secondary N) is 2. The number of benzene rings is 2. The number of nitrogens with zero attached hydrogens (tertiary/aromatic N) is 3. The minimum Gasteiger partial charge on any atom is -0.457 e. The minimum absolute atomic E-state index is 0.186. The van der Waals surface area contributed by atoms with Gasteiger partial charge in [-0.25, -0.2) is 4.98 Å². The van der Waals surface area contributed by atoms with Crippen LogP contribution in [0.1, 0.15) is 26.1 Å². The van der Waals surface area contributed by atoms with E-state index in [1.54, 1.807) is 6.20 Å². The molecule has 2 aromatic carbocycles. The molecule has 7 heteroatoms. The molecule has 7 nitrogen and oxygen atoms in total. The Morgan fingerprint density at radius 1 is 1.10 bits per heavy atom. The van der Waals surface area contributed by atoms with Crippen LogP contribution in [0.2, 0.25) is 0 Å². The number of hydrogen-bond donors (Lipinski definition) is 2. The molecule has 3 heterocycles. The molecule has 0 radical (unpaired) electrons. The van der Waals surface area contributed by atoms with Crippen molar-refractivity contribution >= 4 is 16.9 Å². The highest BCUT2D eigenvalue weighted by atomic mass is 16.5. The average molecular weight is 401 g/mol. The summed E-state index contributed by atoms with van der Waals surface area (Å²) in [6.45, 7) is 5.27. The van der Waals surface area contributed by atoms with Gasteiger partial charge in [0.25, 0.3) is 0 Å². The molecule has 5 rings (SSSR count). The van der Waals surface area contributed by atoms with Gasteiger partial charge in [0.15, 0.2) is 0 Å². The second-order valence-corrected chi connectivity index (χ2v) is 8.32. The maximum absolute atomic E-state index is 12.5. The predicted octanol–water partition coefficient (Wildman–Crippen LogP) is 4.50. The maximum atomic E-state index is 12.5. The van der Waals surface area contributed by atoms with Crippen LogP contribution < -0.4 is 4.74 Å². The summed E-state index contributed by atoms with van der Waals surface area (Å²) in [7, 11) is 0. The largest absolute Gasteiger partial charge is 0.457 e. The van der Waals surface area contributed by atoms with E-state index in [-0.39, 0.29) is 11.3 Å². The molecule has 0 spiro atoms. The summed E-state index contributed by atoms with van der Waals surface area (Å²) in [4.78, 5) is 22.3. The van der Waals surface area contributed by atoms with Crippen LogP contribution in [0.15, 0.2) is 54.7 Å². The molecule has 1 aliphatic heterocycles. The zero-order valence-electron chi connectivity index (χ0n) is 17.0. The zero-order chi connectivity index (χ0) is 20.7. The van der Waals surface area contributed by atoms with Crippen molar-refractivity contribution in [3.05, 3.63) is 60.6 Å². The van der Waals surface area contributed by atoms with E-state index in [4.69, 9.17) is 4.74 Å². The van der Waals surface area contributed by atoms with E-state index in [9.17, 15) is 4.79 Å². The SMILES string of the molecule is CC1(C)CCN(Cc2nc3cc(Oc4ccc(-c5ccn[nH]5)cc4)ccc3[nH]2)C1=O. The van der Waals surface area contributed by atoms with Crippen molar-refractivity contribution in [2.45, 2.75) is 26.8 Å². The van der Waals surface area contributed by atoms with Crippen molar-refractivity contribution in [1.82, 2.24) is 25.1 Å². The molecule has 0 aliphatic carbocycles. The van der Waals surface area contributed by atoms with Gasteiger partial charge in [0, 0.05) is 24.2 Å². The molecule has 30 heavy (non-hydrogen) atoms. The van der Waals surface area contributed by atoms with Crippen molar-refractivity contribution in [1.29, 1.82) is 0 Å². The molecule has 1 amide bonds. The van der Waals surface area contributed by atoms with Crippen molar-refractivity contribution in [3.63, 3.8) is 0 Å². The van der Waals surface area contributed by atoms with Crippen LogP contribution in [0.5, 0.6) is 11.5 Å². The van der Waals surface area contributed by atoms with Gasteiger partial charge in [-0.1, -0.05) is 13.8 Å². The molecule has 152 valence electrons. The Kier molecular flexibility index (Phi) is 4.31. The van der Waals surface area contributed by atoms with Crippen molar-refractivity contribution in [3.8, 4) is 22.8 Å². The summed E-state index contributed by atoms with van der Waals surface area (Å²) in [5.41, 5.74) is 3.49. The van der Waals surface area contributed by atoms with Gasteiger partial charge in [-0.3, -0.25) is 9.89 Å². The van der Waals surface area contributed by atoms with Crippen LogP contribution in [-0.2, 0) is 11.3 Å². The van der Waals surface area contributed by atoms with Gasteiger partial charge in [0.05, 0.1) is 23.3 Å². The van der Waals surface area contributed by atoms with Crippen LogP contribution in [0.3, 0.4) is 0 Å². The molecule has 0 atom stereocenters. The molecular weight excluding hydrogens is 378 g/mol. The van der Waals surface area contributed by atoms with E-state index < -0.39 is 0 Å². The second kappa shape index (κ2) is 7.02. The van der Waals surface area contributed by atoms with Crippen LogP contribution in [0, 0.1) is 5.41 Å². The number of imidazole rings is 1. The van der Waals surface area contributed by atoms with Crippen LogP contribution in [0.25, 0.3) is 22.3 Å². The van der Waals surface area contributed by atoms with Gasteiger partial charge in [0.2, 0.25) is 5.91 Å². The van der Waals surface area contributed by atoms with E-state index in [0.29, 0.717) is 12.3 Å². The standard InChI is InChI=1S/C23H23N5O2/c1-23(2)10-12-28(22(23)29)14-21-25-19-8-7-17(13-20(19)26-21)30-16-5-3-15(4-6-16)18-9-11-24-27-18/h3-9,11,13H,10,12,14H2,1-2H3,(H,24,27)(H,25,26). The number of likely N-dealkylation sites (tertiary alicyclic amines) is 1. The monoisotopic (exact) mass is 401 g/mol. The van der Waals surface area contributed by atoms with E-state index in [1.165, 1.54) is 0 Å². The van der Waals surface area contributed by atoms with E-state index in [2.05, 4.69) is 20.2 Å². The second-order valence-electron chi connectivity index (χ2n) is 8.32. The van der Waals surface area contributed by atoms with E-state index >= 15 is 0 Å². The number of carbonyl (C=O) groups excluding carboxylic acids is 1. The highest BCUT2D eigenvalue weighted by molar-refractivity contribution is 5.84. The lowest BCUT2D eigenvalue weighted by Crippen LogP contribution is -2.30. The number of H-pyrrole nitrogens is 2. The van der Waals surface area contributed by atoms with Crippen LogP contribution >= 0.6 is 0 Å². The topological polar surface area (TPSA) is 86.9 Å². The van der Waals surface area contributed by atoms with Gasteiger partial charge in [-0.15, -0.1) is 0 Å². The highest BCUT2D eigenvalue weighted by Crippen LogP contribution is 2.32. The first-order valence-electron chi connectivity index (χ1n) is 10.0. The highest BCUT2D eigenvalue weighted by Gasteiger charge is 2.38. The molecule has 2 aromatic heterocycles. The Labute approximate surface area is 174 Å². The molecule has 1 fully saturated rings. The Morgan fingerprint density at radius 3 is 2.60 bits per heavy atom. The first kappa shape index (κ1) is 18.4. The van der Waals surface area contributed by atoms with Crippen molar-refractivity contribution in [2.24, 2.45) is 5.41 Å². The van der Waals surface area contributed by atoms with Gasteiger partial charge >= 0.3 is 0 Å². The fourth-order valence-corrected chi connectivity index (χ4v) is 3.81. The summed E-state index contributed by atoms with van der Waals surface area (Å²) < 4.78 is 6.00. The third-order valence-corrected chi connectivity index (χ3v) is 5.62. The third-order valence-electron chi connectivity index (χ3n) is 5.62. The summed E-state index contributed by atoms with van der Waals surface area (Å²) in [5, 5.41) is 6.93. The molecule has 4 aromatic rings. The fourth-order valence-electron chi connectivity index (χ4n) is 3.81. The third kappa shape index (κ3) is 3.43.